The van der Waals surface area contributed by atoms with E-state index < -0.39 is 0 Å². The molecule has 0 fully saturated rings. The Bertz CT molecular complexity index is 2040. The molecule has 326 valence electrons. The summed E-state index contributed by atoms with van der Waals surface area (Å²) in [6, 6.07) is 26.8. The SMILES string of the molecule is C=C(C(C)CC)[C@@H](CC)N1CC(c2nc(-c3ccc(C(C)(C)C)cc3)nc(-c3ccc(C(C)(C)C)cc3)n2)=CC=C1/C(C)=C/CCc1ccccc1CCCCCCCCC. The van der Waals surface area contributed by atoms with Crippen molar-refractivity contribution in [3.8, 4) is 22.8 Å². The van der Waals surface area contributed by atoms with Gasteiger partial charge in [-0.25, -0.2) is 15.0 Å². The van der Waals surface area contributed by atoms with Gasteiger partial charge in [0, 0.05) is 28.9 Å². The quantitative estimate of drug-likeness (QED) is 0.0658. The van der Waals surface area contributed by atoms with Crippen LogP contribution in [-0.4, -0.2) is 32.4 Å². The van der Waals surface area contributed by atoms with E-state index in [0.717, 1.165) is 48.2 Å². The molecule has 0 spiro atoms. The van der Waals surface area contributed by atoms with Crippen molar-refractivity contribution in [2.24, 2.45) is 5.92 Å². The zero-order chi connectivity index (χ0) is 44.2. The van der Waals surface area contributed by atoms with Gasteiger partial charge in [-0.05, 0) is 96.1 Å². The van der Waals surface area contributed by atoms with Crippen LogP contribution >= 0.6 is 0 Å². The van der Waals surface area contributed by atoms with Crippen molar-refractivity contribution >= 4 is 5.57 Å². The normalized spacial score (nSPS) is 14.7. The van der Waals surface area contributed by atoms with E-state index in [1.165, 1.54) is 90.5 Å². The van der Waals surface area contributed by atoms with Gasteiger partial charge in [-0.15, -0.1) is 0 Å². The molecule has 1 unspecified atom stereocenters. The largest absolute Gasteiger partial charge is 0.360 e. The Hall–Kier alpha value is -4.57. The molecule has 1 aliphatic rings. The number of rotatable bonds is 20. The maximum atomic E-state index is 5.24. The van der Waals surface area contributed by atoms with Crippen LogP contribution in [-0.2, 0) is 23.7 Å². The first-order valence-corrected chi connectivity index (χ1v) is 23.7. The highest BCUT2D eigenvalue weighted by molar-refractivity contribution is 5.71. The van der Waals surface area contributed by atoms with E-state index >= 15 is 0 Å². The molecular weight excluding hydrogens is 741 g/mol. The lowest BCUT2D eigenvalue weighted by Crippen LogP contribution is -2.39. The Labute approximate surface area is 371 Å². The van der Waals surface area contributed by atoms with E-state index in [1.807, 2.05) is 0 Å². The van der Waals surface area contributed by atoms with Crippen LogP contribution in [0, 0.1) is 5.92 Å². The molecule has 0 radical (unpaired) electrons. The molecule has 5 rings (SSSR count). The molecule has 2 atom stereocenters. The molecule has 4 nitrogen and oxygen atoms in total. The molecular formula is C57H78N4. The van der Waals surface area contributed by atoms with Crippen molar-refractivity contribution in [1.29, 1.82) is 0 Å². The molecule has 1 aliphatic heterocycles. The van der Waals surface area contributed by atoms with Gasteiger partial charge in [-0.2, -0.15) is 0 Å². The van der Waals surface area contributed by atoms with Gasteiger partial charge in [0.15, 0.2) is 17.5 Å². The fourth-order valence-corrected chi connectivity index (χ4v) is 8.53. The fraction of sp³-hybridized carbons (Fsp3) is 0.491. The van der Waals surface area contributed by atoms with Gasteiger partial charge in [0.2, 0.25) is 0 Å². The summed E-state index contributed by atoms with van der Waals surface area (Å²) in [5.74, 6) is 2.53. The van der Waals surface area contributed by atoms with Gasteiger partial charge < -0.3 is 4.90 Å². The minimum absolute atomic E-state index is 0.0578. The van der Waals surface area contributed by atoms with E-state index in [0.29, 0.717) is 24.1 Å². The smallest absolute Gasteiger partial charge is 0.164 e. The Kier molecular flexibility index (Phi) is 17.1. The predicted molar refractivity (Wildman–Crippen MR) is 264 cm³/mol. The summed E-state index contributed by atoms with van der Waals surface area (Å²) >= 11 is 0. The van der Waals surface area contributed by atoms with Crippen LogP contribution in [0.25, 0.3) is 28.3 Å². The van der Waals surface area contributed by atoms with Crippen LogP contribution in [0.15, 0.2) is 114 Å². The first-order chi connectivity index (χ1) is 29.1. The van der Waals surface area contributed by atoms with Crippen LogP contribution in [0.3, 0.4) is 0 Å². The molecule has 61 heavy (non-hydrogen) atoms. The maximum absolute atomic E-state index is 5.24. The molecule has 0 N–H and O–H groups in total. The maximum Gasteiger partial charge on any atom is 0.164 e. The first-order valence-electron chi connectivity index (χ1n) is 23.7. The molecule has 0 amide bonds. The molecule has 3 aromatic carbocycles. The van der Waals surface area contributed by atoms with E-state index in [9.17, 15) is 0 Å². The minimum atomic E-state index is 0.0578. The monoisotopic (exact) mass is 819 g/mol. The number of hydrogen-bond donors (Lipinski definition) is 0. The van der Waals surface area contributed by atoms with Gasteiger partial charge in [-0.3, -0.25) is 0 Å². The molecule has 1 aromatic heterocycles. The average Bonchev–Trinajstić information content (AvgIpc) is 3.25. The Morgan fingerprint density at radius 2 is 1.16 bits per heavy atom. The number of nitrogens with zero attached hydrogens (tertiary/aromatic N) is 4. The highest BCUT2D eigenvalue weighted by Gasteiger charge is 2.29. The summed E-state index contributed by atoms with van der Waals surface area (Å²) in [5.41, 5.74) is 12.7. The molecule has 2 heterocycles. The lowest BCUT2D eigenvalue weighted by Gasteiger charge is -2.40. The van der Waals surface area contributed by atoms with Crippen LogP contribution in [0.5, 0.6) is 0 Å². The van der Waals surface area contributed by atoms with Crippen LogP contribution in [0.4, 0.5) is 0 Å². The Balaban J connectivity index is 1.49. The summed E-state index contributed by atoms with van der Waals surface area (Å²) in [6.07, 6.45) is 21.7. The Morgan fingerprint density at radius 3 is 1.67 bits per heavy atom. The third-order valence-corrected chi connectivity index (χ3v) is 12.9. The van der Waals surface area contributed by atoms with Crippen molar-refractivity contribution in [3.05, 3.63) is 143 Å². The highest BCUT2D eigenvalue weighted by atomic mass is 15.2. The first kappa shape index (κ1) is 47.5. The third-order valence-electron chi connectivity index (χ3n) is 12.9. The van der Waals surface area contributed by atoms with E-state index in [1.54, 1.807) is 0 Å². The van der Waals surface area contributed by atoms with Crippen LogP contribution in [0.2, 0.25) is 0 Å². The molecule has 0 bridgehead atoms. The van der Waals surface area contributed by atoms with Crippen LogP contribution in [0.1, 0.15) is 168 Å². The van der Waals surface area contributed by atoms with Gasteiger partial charge in [0.05, 0.1) is 6.04 Å². The number of aryl methyl sites for hydroxylation is 2. The third kappa shape index (κ3) is 13.0. The predicted octanol–water partition coefficient (Wildman–Crippen LogP) is 15.6. The van der Waals surface area contributed by atoms with Crippen molar-refractivity contribution in [3.63, 3.8) is 0 Å². The lowest BCUT2D eigenvalue weighted by molar-refractivity contribution is 0.291. The number of benzene rings is 3. The second-order valence-corrected chi connectivity index (χ2v) is 19.7. The lowest BCUT2D eigenvalue weighted by atomic mass is 9.86. The number of allylic oxidation sites excluding steroid dienone is 4. The minimum Gasteiger partial charge on any atom is -0.360 e. The second kappa shape index (κ2) is 22.0. The molecule has 0 aliphatic carbocycles. The van der Waals surface area contributed by atoms with E-state index in [4.69, 9.17) is 21.5 Å². The van der Waals surface area contributed by atoms with E-state index in [-0.39, 0.29) is 16.9 Å². The molecule has 0 saturated carbocycles. The van der Waals surface area contributed by atoms with Gasteiger partial charge in [0.1, 0.15) is 0 Å². The van der Waals surface area contributed by atoms with Crippen molar-refractivity contribution in [2.75, 3.05) is 6.54 Å². The van der Waals surface area contributed by atoms with Gasteiger partial charge in [0.25, 0.3) is 0 Å². The van der Waals surface area contributed by atoms with Crippen molar-refractivity contribution in [1.82, 2.24) is 19.9 Å². The van der Waals surface area contributed by atoms with Gasteiger partial charge >= 0.3 is 0 Å². The molecule has 0 saturated heterocycles. The summed E-state index contributed by atoms with van der Waals surface area (Å²) in [7, 11) is 0. The molecule has 4 heteroatoms. The van der Waals surface area contributed by atoms with Crippen LogP contribution < -0.4 is 0 Å². The standard InChI is InChI=1S/C57H78N4/c1-13-16-17-18-19-20-21-26-44-27-22-23-28-45(44)29-24-25-42(5)52-39-34-48(40-61(52)51(15-3)43(6)41(4)14-2)55-59-53(46-30-35-49(36-31-46)56(7,8)9)58-54(60-55)47-32-37-50(38-33-47)57(10,11)12/h22-23,25,27-28,30-39,41,51H,6,13-21,24,26,29,40H2,1-5,7-12H3/b42-25+/t41?,51-/m1/s1. The van der Waals surface area contributed by atoms with Gasteiger partial charge in [-0.1, -0.05) is 205 Å². The zero-order valence-electron chi connectivity index (χ0n) is 40.0. The van der Waals surface area contributed by atoms with Crippen molar-refractivity contribution in [2.45, 2.75) is 170 Å². The summed E-state index contributed by atoms with van der Waals surface area (Å²) in [4.78, 5) is 18.2. The fourth-order valence-electron chi connectivity index (χ4n) is 8.53. The summed E-state index contributed by atoms with van der Waals surface area (Å²) in [6.45, 7) is 30.4. The highest BCUT2D eigenvalue weighted by Crippen LogP contribution is 2.35. The second-order valence-electron chi connectivity index (χ2n) is 19.7. The Morgan fingerprint density at radius 1 is 0.656 bits per heavy atom. The number of aromatic nitrogens is 3. The summed E-state index contributed by atoms with van der Waals surface area (Å²) in [5, 5.41) is 0. The zero-order valence-corrected chi connectivity index (χ0v) is 40.0. The average molecular weight is 819 g/mol. The number of unbranched alkanes of at least 4 members (excludes halogenated alkanes) is 6. The summed E-state index contributed by atoms with van der Waals surface area (Å²) < 4.78 is 0. The topological polar surface area (TPSA) is 41.9 Å². The van der Waals surface area contributed by atoms with E-state index in [2.05, 4.69) is 172 Å². The van der Waals surface area contributed by atoms with Crippen molar-refractivity contribution < 1.29 is 0 Å². The molecule has 4 aromatic rings. The number of hydrogen-bond acceptors (Lipinski definition) is 4.